The van der Waals surface area contributed by atoms with E-state index < -0.39 is 5.00 Å². The van der Waals surface area contributed by atoms with Crippen LogP contribution < -0.4 is 11.9 Å². The molecule has 1 rings (SSSR count). The van der Waals surface area contributed by atoms with Gasteiger partial charge < -0.3 is 16.6 Å². The third kappa shape index (κ3) is 1.74. The van der Waals surface area contributed by atoms with Gasteiger partial charge in [0.15, 0.2) is 0 Å². The molecular weight excluding hydrogens is 176 g/mol. The largest absolute Gasteiger partial charge is 0.363 e. The van der Waals surface area contributed by atoms with Crippen molar-refractivity contribution in [1.29, 1.82) is 0 Å². The summed E-state index contributed by atoms with van der Waals surface area (Å²) < 4.78 is 5.36. The molecule has 1 aliphatic rings. The maximum absolute atomic E-state index is 6.12. The summed E-state index contributed by atoms with van der Waals surface area (Å²) in [5.74, 6) is 0. The van der Waals surface area contributed by atoms with Crippen molar-refractivity contribution >= 4 is 11.6 Å². The van der Waals surface area contributed by atoms with Crippen molar-refractivity contribution in [2.75, 3.05) is 0 Å². The van der Waals surface area contributed by atoms with Crippen LogP contribution in [0.2, 0.25) is 0 Å². The highest BCUT2D eigenvalue weighted by molar-refractivity contribution is 6.24. The van der Waals surface area contributed by atoms with Gasteiger partial charge in [-0.3, -0.25) is 0 Å². The van der Waals surface area contributed by atoms with Gasteiger partial charge in [0, 0.05) is 0 Å². The molecule has 0 saturated carbocycles. The van der Waals surface area contributed by atoms with Gasteiger partial charge in [-0.15, -0.1) is 0 Å². The van der Waals surface area contributed by atoms with Crippen molar-refractivity contribution < 1.29 is 4.74 Å². The van der Waals surface area contributed by atoms with Crippen molar-refractivity contribution in [3.8, 4) is 0 Å². The second-order valence-electron chi connectivity index (χ2n) is 3.48. The fourth-order valence-electron chi connectivity index (χ4n) is 1.38. The number of epoxide rings is 1. The standard InChI is InChI=1S/C8H16ClNO.H3N/c1-4-5-8(9,10)7(3)6(2)11-7;/h6H,4-5,10H2,1-3H3;1H3. The minimum atomic E-state index is -0.679. The van der Waals surface area contributed by atoms with Gasteiger partial charge in [0.05, 0.1) is 6.10 Å². The average molecular weight is 195 g/mol. The van der Waals surface area contributed by atoms with Gasteiger partial charge in [0.25, 0.3) is 0 Å². The summed E-state index contributed by atoms with van der Waals surface area (Å²) in [5, 5.41) is 0. The highest BCUT2D eigenvalue weighted by atomic mass is 35.5. The third-order valence-electron chi connectivity index (χ3n) is 2.58. The van der Waals surface area contributed by atoms with E-state index >= 15 is 0 Å². The smallest absolute Gasteiger partial charge is 0.123 e. The van der Waals surface area contributed by atoms with E-state index in [1.807, 2.05) is 13.8 Å². The molecule has 1 fully saturated rings. The fraction of sp³-hybridized carbons (Fsp3) is 1.00. The van der Waals surface area contributed by atoms with Crippen LogP contribution in [0, 0.1) is 0 Å². The number of halogens is 1. The summed E-state index contributed by atoms with van der Waals surface area (Å²) >= 11 is 6.12. The Morgan fingerprint density at radius 1 is 1.67 bits per heavy atom. The molecule has 0 aliphatic carbocycles. The molecule has 4 heteroatoms. The number of ether oxygens (including phenoxy) is 1. The topological polar surface area (TPSA) is 73.5 Å². The molecule has 3 nitrogen and oxygen atoms in total. The Morgan fingerprint density at radius 3 is 2.33 bits per heavy atom. The van der Waals surface area contributed by atoms with Crippen LogP contribution in [0.25, 0.3) is 0 Å². The molecule has 12 heavy (non-hydrogen) atoms. The Morgan fingerprint density at radius 2 is 2.08 bits per heavy atom. The van der Waals surface area contributed by atoms with E-state index in [9.17, 15) is 0 Å². The van der Waals surface area contributed by atoms with Crippen LogP contribution in [0.1, 0.15) is 33.6 Å². The van der Waals surface area contributed by atoms with Gasteiger partial charge >= 0.3 is 0 Å². The molecule has 0 aromatic heterocycles. The molecule has 0 amide bonds. The lowest BCUT2D eigenvalue weighted by molar-refractivity contribution is 0.245. The molecule has 1 saturated heterocycles. The van der Waals surface area contributed by atoms with Crippen LogP contribution in [0.4, 0.5) is 0 Å². The molecular formula is C8H19ClN2O. The highest BCUT2D eigenvalue weighted by Gasteiger charge is 2.61. The molecule has 0 aromatic rings. The molecule has 0 spiro atoms. The van der Waals surface area contributed by atoms with Crippen molar-refractivity contribution in [2.45, 2.75) is 50.3 Å². The van der Waals surface area contributed by atoms with E-state index in [4.69, 9.17) is 22.1 Å². The summed E-state index contributed by atoms with van der Waals surface area (Å²) in [4.78, 5) is -0.679. The minimum Gasteiger partial charge on any atom is -0.363 e. The van der Waals surface area contributed by atoms with E-state index in [0.717, 1.165) is 12.8 Å². The van der Waals surface area contributed by atoms with E-state index in [0.29, 0.717) is 0 Å². The predicted octanol–water partition coefficient (Wildman–Crippen LogP) is 2.02. The molecule has 0 aromatic carbocycles. The Kier molecular flexibility index (Phi) is 3.55. The van der Waals surface area contributed by atoms with E-state index in [2.05, 4.69) is 6.92 Å². The van der Waals surface area contributed by atoms with Crippen molar-refractivity contribution in [3.63, 3.8) is 0 Å². The summed E-state index contributed by atoms with van der Waals surface area (Å²) in [5.41, 5.74) is 5.60. The second-order valence-corrected chi connectivity index (χ2v) is 4.15. The van der Waals surface area contributed by atoms with Crippen LogP contribution >= 0.6 is 11.6 Å². The molecule has 1 aliphatic heterocycles. The quantitative estimate of drug-likeness (QED) is 0.410. The summed E-state index contributed by atoms with van der Waals surface area (Å²) in [7, 11) is 0. The first kappa shape index (κ1) is 12.2. The van der Waals surface area contributed by atoms with Crippen LogP contribution in [-0.4, -0.2) is 16.7 Å². The van der Waals surface area contributed by atoms with E-state index in [-0.39, 0.29) is 17.9 Å². The molecule has 74 valence electrons. The Bertz CT molecular complexity index is 163. The van der Waals surface area contributed by atoms with E-state index in [1.165, 1.54) is 0 Å². The van der Waals surface area contributed by atoms with Crippen molar-refractivity contribution in [2.24, 2.45) is 5.73 Å². The molecule has 1 heterocycles. The normalized spacial score (nSPS) is 38.2. The second kappa shape index (κ2) is 3.50. The van der Waals surface area contributed by atoms with Crippen LogP contribution in [0.15, 0.2) is 0 Å². The lowest BCUT2D eigenvalue weighted by Crippen LogP contribution is -2.47. The molecule has 5 N–H and O–H groups in total. The number of hydrogen-bond donors (Lipinski definition) is 2. The number of hydrogen-bond acceptors (Lipinski definition) is 3. The first-order valence-corrected chi connectivity index (χ1v) is 4.47. The number of nitrogens with two attached hydrogens (primary N) is 1. The number of alkyl halides is 1. The zero-order valence-corrected chi connectivity index (χ0v) is 8.82. The first-order valence-electron chi connectivity index (χ1n) is 4.09. The van der Waals surface area contributed by atoms with Crippen molar-refractivity contribution in [3.05, 3.63) is 0 Å². The fourth-order valence-corrected chi connectivity index (χ4v) is 1.77. The molecule has 3 unspecified atom stereocenters. The lowest BCUT2D eigenvalue weighted by atomic mass is 9.95. The predicted molar refractivity (Wildman–Crippen MR) is 51.7 cm³/mol. The summed E-state index contributed by atoms with van der Waals surface area (Å²) in [6, 6.07) is 0. The van der Waals surface area contributed by atoms with Gasteiger partial charge in [-0.2, -0.15) is 0 Å². The average Bonchev–Trinajstić information content (AvgIpc) is 2.42. The van der Waals surface area contributed by atoms with Crippen LogP contribution in [0.5, 0.6) is 0 Å². The minimum absolute atomic E-state index is 0. The SMILES string of the molecule is CCCC(N)(Cl)C1(C)OC1C.N. The Hall–Kier alpha value is 0.170. The van der Waals surface area contributed by atoms with Gasteiger partial charge in [-0.05, 0) is 20.3 Å². The molecule has 0 bridgehead atoms. The summed E-state index contributed by atoms with van der Waals surface area (Å²) in [6.45, 7) is 6.04. The molecule has 0 radical (unpaired) electrons. The zero-order chi connectivity index (χ0) is 8.70. The van der Waals surface area contributed by atoms with Gasteiger partial charge in [-0.1, -0.05) is 24.9 Å². The number of rotatable bonds is 3. The van der Waals surface area contributed by atoms with Crippen molar-refractivity contribution in [1.82, 2.24) is 6.15 Å². The maximum atomic E-state index is 6.12. The third-order valence-corrected chi connectivity index (χ3v) is 3.14. The first-order chi connectivity index (χ1) is 4.94. The molecule has 3 atom stereocenters. The van der Waals surface area contributed by atoms with Crippen LogP contribution in [-0.2, 0) is 4.74 Å². The zero-order valence-electron chi connectivity index (χ0n) is 8.06. The monoisotopic (exact) mass is 194 g/mol. The van der Waals surface area contributed by atoms with E-state index in [1.54, 1.807) is 0 Å². The van der Waals surface area contributed by atoms with Gasteiger partial charge in [0.2, 0.25) is 0 Å². The summed E-state index contributed by atoms with van der Waals surface area (Å²) in [6.07, 6.45) is 2.00. The van der Waals surface area contributed by atoms with Gasteiger partial charge in [-0.25, -0.2) is 0 Å². The maximum Gasteiger partial charge on any atom is 0.123 e. The van der Waals surface area contributed by atoms with Crippen LogP contribution in [0.3, 0.4) is 0 Å². The highest BCUT2D eigenvalue weighted by Crippen LogP contribution is 2.47. The Labute approximate surface area is 79.2 Å². The lowest BCUT2D eigenvalue weighted by Gasteiger charge is -2.26. The Balaban J connectivity index is 0.00000121. The van der Waals surface area contributed by atoms with Gasteiger partial charge in [0.1, 0.15) is 10.6 Å².